The first kappa shape index (κ1) is 21.1. The Kier molecular flexibility index (Phi) is 6.70. The number of hydrogen-bond donors (Lipinski definition) is 1. The van der Waals surface area contributed by atoms with Gasteiger partial charge < -0.3 is 10.2 Å². The molecule has 2 aromatic rings. The molecule has 1 heterocycles. The quantitative estimate of drug-likeness (QED) is 0.756. The molecule has 3 rings (SSSR count). The molecule has 2 amide bonds. The third-order valence-electron chi connectivity index (χ3n) is 5.09. The van der Waals surface area contributed by atoms with E-state index in [-0.39, 0.29) is 29.6 Å². The number of halogens is 1. The van der Waals surface area contributed by atoms with Crippen LogP contribution in [0.5, 0.6) is 0 Å². The number of nitrogens with zero attached hydrogens (tertiary/aromatic N) is 1. The van der Waals surface area contributed by atoms with Crippen molar-refractivity contribution < 1.29 is 14.4 Å². The summed E-state index contributed by atoms with van der Waals surface area (Å²) in [4.78, 5) is 39.9. The molecule has 29 heavy (non-hydrogen) atoms. The van der Waals surface area contributed by atoms with E-state index < -0.39 is 0 Å². The lowest BCUT2D eigenvalue weighted by atomic mass is 9.96. The average Bonchev–Trinajstić information content (AvgIpc) is 2.73. The van der Waals surface area contributed by atoms with Crippen LogP contribution in [0.4, 0.5) is 0 Å². The van der Waals surface area contributed by atoms with E-state index >= 15 is 0 Å². The highest BCUT2D eigenvalue weighted by Crippen LogP contribution is 2.20. The minimum atomic E-state index is -0.215. The van der Waals surface area contributed by atoms with Gasteiger partial charge in [-0.25, -0.2) is 0 Å². The van der Waals surface area contributed by atoms with Crippen LogP contribution < -0.4 is 5.32 Å². The molecule has 0 saturated carbocycles. The third-order valence-corrected chi connectivity index (χ3v) is 5.34. The van der Waals surface area contributed by atoms with E-state index in [1.54, 1.807) is 53.4 Å². The maximum atomic E-state index is 13.2. The normalized spacial score (nSPS) is 16.6. The van der Waals surface area contributed by atoms with Gasteiger partial charge in [0.2, 0.25) is 5.91 Å². The van der Waals surface area contributed by atoms with E-state index in [0.29, 0.717) is 34.8 Å². The average molecular weight is 413 g/mol. The molecule has 1 atom stereocenters. The zero-order valence-electron chi connectivity index (χ0n) is 16.7. The Morgan fingerprint density at radius 1 is 1.03 bits per heavy atom. The number of nitrogens with one attached hydrogen (secondary N) is 1. The Morgan fingerprint density at radius 3 is 2.34 bits per heavy atom. The van der Waals surface area contributed by atoms with Crippen molar-refractivity contribution in [2.45, 2.75) is 32.7 Å². The van der Waals surface area contributed by atoms with Crippen LogP contribution in [0.1, 0.15) is 53.0 Å². The Hall–Kier alpha value is -2.66. The van der Waals surface area contributed by atoms with Crippen LogP contribution in [0.15, 0.2) is 48.5 Å². The molecule has 6 heteroatoms. The zero-order chi connectivity index (χ0) is 21.0. The number of ketones is 1. The van der Waals surface area contributed by atoms with Gasteiger partial charge in [0.1, 0.15) is 0 Å². The molecule has 0 spiro atoms. The zero-order valence-corrected chi connectivity index (χ0v) is 17.4. The summed E-state index contributed by atoms with van der Waals surface area (Å²) in [6.07, 6.45) is 1.65. The first-order valence-electron chi connectivity index (χ1n) is 9.85. The van der Waals surface area contributed by atoms with Gasteiger partial charge >= 0.3 is 0 Å². The van der Waals surface area contributed by atoms with Gasteiger partial charge in [0.15, 0.2) is 5.78 Å². The molecule has 1 saturated heterocycles. The fourth-order valence-corrected chi connectivity index (χ4v) is 3.57. The molecule has 2 aromatic carbocycles. The van der Waals surface area contributed by atoms with Gasteiger partial charge in [-0.2, -0.15) is 0 Å². The van der Waals surface area contributed by atoms with E-state index in [0.717, 1.165) is 12.8 Å². The maximum absolute atomic E-state index is 13.2. The number of amides is 2. The van der Waals surface area contributed by atoms with Crippen LogP contribution in [0.3, 0.4) is 0 Å². The molecule has 1 N–H and O–H groups in total. The monoisotopic (exact) mass is 412 g/mol. The lowest BCUT2D eigenvalue weighted by Crippen LogP contribution is -2.50. The van der Waals surface area contributed by atoms with Crippen molar-refractivity contribution in [3.63, 3.8) is 0 Å². The first-order valence-corrected chi connectivity index (χ1v) is 10.2. The minimum Gasteiger partial charge on any atom is -0.351 e. The van der Waals surface area contributed by atoms with Gasteiger partial charge in [-0.05, 0) is 43.2 Å². The Bertz CT molecular complexity index is 909. The molecule has 0 bridgehead atoms. The lowest BCUT2D eigenvalue weighted by Gasteiger charge is -2.34. The maximum Gasteiger partial charge on any atom is 0.254 e. The molecule has 1 unspecified atom stereocenters. The smallest absolute Gasteiger partial charge is 0.254 e. The van der Waals surface area contributed by atoms with Crippen molar-refractivity contribution in [2.24, 2.45) is 5.92 Å². The highest BCUT2D eigenvalue weighted by molar-refractivity contribution is 6.30. The summed E-state index contributed by atoms with van der Waals surface area (Å²) in [7, 11) is 0. The summed E-state index contributed by atoms with van der Waals surface area (Å²) in [6, 6.07) is 13.4. The fourth-order valence-electron chi connectivity index (χ4n) is 3.44. The molecule has 1 aliphatic heterocycles. The van der Waals surface area contributed by atoms with Crippen molar-refractivity contribution in [1.82, 2.24) is 10.2 Å². The summed E-state index contributed by atoms with van der Waals surface area (Å²) in [5.41, 5.74) is 1.23. The predicted molar refractivity (Wildman–Crippen MR) is 113 cm³/mol. The van der Waals surface area contributed by atoms with Crippen molar-refractivity contribution in [2.75, 3.05) is 13.1 Å². The summed E-state index contributed by atoms with van der Waals surface area (Å²) < 4.78 is 0. The van der Waals surface area contributed by atoms with Crippen molar-refractivity contribution >= 4 is 29.2 Å². The molecule has 1 aliphatic rings. The molecular weight excluding hydrogens is 388 g/mol. The van der Waals surface area contributed by atoms with E-state index in [1.165, 1.54) is 0 Å². The molecule has 5 nitrogen and oxygen atoms in total. The fraction of sp³-hybridized carbons (Fsp3) is 0.348. The number of likely N-dealkylation sites (tertiary alicyclic amines) is 1. The van der Waals surface area contributed by atoms with E-state index in [9.17, 15) is 14.4 Å². The van der Waals surface area contributed by atoms with Gasteiger partial charge in [-0.15, -0.1) is 0 Å². The standard InChI is InChI=1S/C23H25ClN2O3/c1-15(2)22(28)25-18-6-5-13-26(14-18)23(29)20-8-4-3-7-19(20)21(27)16-9-11-17(24)12-10-16/h3-4,7-12,15,18H,5-6,13-14H2,1-2H3,(H,25,28). The largest absolute Gasteiger partial charge is 0.351 e. The number of benzene rings is 2. The molecular formula is C23H25ClN2O3. The van der Waals surface area contributed by atoms with Crippen LogP contribution in [-0.4, -0.2) is 41.6 Å². The second kappa shape index (κ2) is 9.23. The van der Waals surface area contributed by atoms with Gasteiger partial charge in [0.25, 0.3) is 5.91 Å². The minimum absolute atomic E-state index is 0.0115. The summed E-state index contributed by atoms with van der Waals surface area (Å²) in [6.45, 7) is 4.75. The number of carbonyl (C=O) groups excluding carboxylic acids is 3. The highest BCUT2D eigenvalue weighted by Gasteiger charge is 2.28. The van der Waals surface area contributed by atoms with Crippen LogP contribution in [0, 0.1) is 5.92 Å². The number of piperidine rings is 1. The first-order chi connectivity index (χ1) is 13.9. The van der Waals surface area contributed by atoms with Crippen LogP contribution in [0.2, 0.25) is 5.02 Å². The lowest BCUT2D eigenvalue weighted by molar-refractivity contribution is -0.125. The number of hydrogen-bond acceptors (Lipinski definition) is 3. The van der Waals surface area contributed by atoms with Crippen LogP contribution in [-0.2, 0) is 4.79 Å². The second-order valence-electron chi connectivity index (χ2n) is 7.64. The van der Waals surface area contributed by atoms with Crippen LogP contribution >= 0.6 is 11.6 Å². The number of rotatable bonds is 5. The van der Waals surface area contributed by atoms with Gasteiger partial charge in [-0.1, -0.05) is 43.6 Å². The van der Waals surface area contributed by atoms with Crippen molar-refractivity contribution in [1.29, 1.82) is 0 Å². The van der Waals surface area contributed by atoms with Gasteiger partial charge in [0, 0.05) is 41.2 Å². The summed E-state index contributed by atoms with van der Waals surface area (Å²) >= 11 is 5.91. The SMILES string of the molecule is CC(C)C(=O)NC1CCCN(C(=O)c2ccccc2C(=O)c2ccc(Cl)cc2)C1. The highest BCUT2D eigenvalue weighted by atomic mass is 35.5. The number of carbonyl (C=O) groups is 3. The topological polar surface area (TPSA) is 66.5 Å². The van der Waals surface area contributed by atoms with Crippen molar-refractivity contribution in [3.05, 3.63) is 70.2 Å². The van der Waals surface area contributed by atoms with Gasteiger partial charge in [0.05, 0.1) is 5.56 Å². The van der Waals surface area contributed by atoms with Crippen molar-refractivity contribution in [3.8, 4) is 0 Å². The Balaban J connectivity index is 1.80. The Morgan fingerprint density at radius 2 is 1.69 bits per heavy atom. The van der Waals surface area contributed by atoms with E-state index in [4.69, 9.17) is 11.6 Å². The Labute approximate surface area is 176 Å². The van der Waals surface area contributed by atoms with Gasteiger partial charge in [-0.3, -0.25) is 14.4 Å². The van der Waals surface area contributed by atoms with E-state index in [2.05, 4.69) is 5.32 Å². The second-order valence-corrected chi connectivity index (χ2v) is 8.07. The summed E-state index contributed by atoms with van der Waals surface area (Å²) in [5, 5.41) is 3.56. The van der Waals surface area contributed by atoms with Crippen LogP contribution in [0.25, 0.3) is 0 Å². The van der Waals surface area contributed by atoms with E-state index in [1.807, 2.05) is 13.8 Å². The molecule has 0 aliphatic carbocycles. The molecule has 152 valence electrons. The molecule has 1 fully saturated rings. The molecule has 0 radical (unpaired) electrons. The predicted octanol–water partition coefficient (Wildman–Crippen LogP) is 3.95. The summed E-state index contributed by atoms with van der Waals surface area (Å²) in [5.74, 6) is -0.514. The molecule has 0 aromatic heterocycles. The third kappa shape index (κ3) is 5.04.